The first-order chi connectivity index (χ1) is 10.7. The summed E-state index contributed by atoms with van der Waals surface area (Å²) in [6.45, 7) is 9.66. The van der Waals surface area contributed by atoms with E-state index in [1.807, 2.05) is 39.8 Å². The zero-order chi connectivity index (χ0) is 16.8. The smallest absolute Gasteiger partial charge is 0.225 e. The van der Waals surface area contributed by atoms with Crippen LogP contribution in [0.1, 0.15) is 32.8 Å². The van der Waals surface area contributed by atoms with E-state index in [1.54, 1.807) is 11.3 Å². The fourth-order valence-corrected chi connectivity index (χ4v) is 4.35. The molecule has 1 aromatic carbocycles. The van der Waals surface area contributed by atoms with Crippen LogP contribution in [-0.2, 0) is 4.79 Å². The van der Waals surface area contributed by atoms with Gasteiger partial charge in [0, 0.05) is 23.7 Å². The molecule has 2 aromatic rings. The van der Waals surface area contributed by atoms with Gasteiger partial charge in [0.1, 0.15) is 0 Å². The number of fused-ring (bicyclic) bond motifs is 1. The van der Waals surface area contributed by atoms with Gasteiger partial charge in [0.05, 0.1) is 16.1 Å². The highest BCUT2D eigenvalue weighted by Crippen LogP contribution is 2.35. The highest BCUT2D eigenvalue weighted by molar-refractivity contribution is 7.22. The summed E-state index contributed by atoms with van der Waals surface area (Å²) in [5, 5.41) is 4.80. The minimum absolute atomic E-state index is 0.0333. The van der Waals surface area contributed by atoms with E-state index in [0.717, 1.165) is 45.4 Å². The van der Waals surface area contributed by atoms with Crippen LogP contribution in [0.25, 0.3) is 10.2 Å². The minimum atomic E-state index is -0.186. The number of nitrogens with zero attached hydrogens (tertiary/aromatic N) is 2. The van der Waals surface area contributed by atoms with E-state index in [-0.39, 0.29) is 17.4 Å². The lowest BCUT2D eigenvalue weighted by Crippen LogP contribution is -2.44. The number of thiazole rings is 1. The maximum atomic E-state index is 12.3. The molecule has 0 spiro atoms. The molecule has 1 unspecified atom stereocenters. The number of carbonyl (C=O) groups excluding carboxylic acids is 1. The molecule has 3 rings (SSSR count). The zero-order valence-corrected chi connectivity index (χ0v) is 15.5. The summed E-state index contributed by atoms with van der Waals surface area (Å²) in [4.78, 5) is 19.3. The lowest BCUT2D eigenvalue weighted by Gasteiger charge is -2.23. The Morgan fingerprint density at radius 3 is 2.87 bits per heavy atom. The Bertz CT molecular complexity index is 750. The molecule has 1 aromatic heterocycles. The molecule has 6 heteroatoms. The Labute approximate surface area is 145 Å². The molecule has 4 nitrogen and oxygen atoms in total. The lowest BCUT2D eigenvalue weighted by atomic mass is 10.0. The molecule has 0 aliphatic carbocycles. The summed E-state index contributed by atoms with van der Waals surface area (Å²) in [5.41, 5.74) is 1.92. The fourth-order valence-electron chi connectivity index (χ4n) is 2.90. The van der Waals surface area contributed by atoms with Gasteiger partial charge in [0.2, 0.25) is 5.91 Å². The summed E-state index contributed by atoms with van der Waals surface area (Å²) < 4.78 is 1.10. The number of halogens is 1. The Hall–Kier alpha value is -1.33. The van der Waals surface area contributed by atoms with Crippen molar-refractivity contribution in [2.75, 3.05) is 18.0 Å². The summed E-state index contributed by atoms with van der Waals surface area (Å²) in [6, 6.07) is 3.90. The van der Waals surface area contributed by atoms with Crippen LogP contribution in [0.2, 0.25) is 5.02 Å². The highest BCUT2D eigenvalue weighted by Gasteiger charge is 2.31. The predicted octanol–water partition coefficient (Wildman–Crippen LogP) is 4.00. The second kappa shape index (κ2) is 5.95. The van der Waals surface area contributed by atoms with Crippen molar-refractivity contribution in [1.29, 1.82) is 0 Å². The normalized spacial score (nSPS) is 18.7. The monoisotopic (exact) mass is 351 g/mol. The van der Waals surface area contributed by atoms with E-state index in [9.17, 15) is 4.79 Å². The number of anilines is 1. The number of nitrogens with one attached hydrogen (secondary N) is 1. The predicted molar refractivity (Wildman–Crippen MR) is 97.6 cm³/mol. The third-order valence-electron chi connectivity index (χ3n) is 3.97. The largest absolute Gasteiger partial charge is 0.351 e. The maximum absolute atomic E-state index is 12.3. The summed E-state index contributed by atoms with van der Waals surface area (Å²) in [5.74, 6) is 0.172. The average Bonchev–Trinajstić information content (AvgIpc) is 3.01. The fraction of sp³-hybridized carbons (Fsp3) is 0.529. The number of rotatable bonds is 2. The van der Waals surface area contributed by atoms with Crippen molar-refractivity contribution in [2.24, 2.45) is 5.92 Å². The van der Waals surface area contributed by atoms with Gasteiger partial charge in [-0.25, -0.2) is 4.98 Å². The molecule has 1 atom stereocenters. The minimum Gasteiger partial charge on any atom is -0.351 e. The van der Waals surface area contributed by atoms with Crippen molar-refractivity contribution in [1.82, 2.24) is 10.3 Å². The van der Waals surface area contributed by atoms with Crippen molar-refractivity contribution >= 4 is 44.2 Å². The molecule has 1 aliphatic heterocycles. The molecule has 1 N–H and O–H groups in total. The molecule has 2 heterocycles. The Kier molecular flexibility index (Phi) is 4.27. The second-order valence-electron chi connectivity index (χ2n) is 7.24. The number of benzene rings is 1. The molecule has 0 radical (unpaired) electrons. The quantitative estimate of drug-likeness (QED) is 0.889. The van der Waals surface area contributed by atoms with Crippen LogP contribution < -0.4 is 10.2 Å². The topological polar surface area (TPSA) is 45.2 Å². The van der Waals surface area contributed by atoms with E-state index < -0.39 is 0 Å². The summed E-state index contributed by atoms with van der Waals surface area (Å²) in [7, 11) is 0. The van der Waals surface area contributed by atoms with Gasteiger partial charge in [-0.2, -0.15) is 0 Å². The number of carbonyl (C=O) groups is 1. The van der Waals surface area contributed by atoms with Crippen LogP contribution in [-0.4, -0.2) is 29.5 Å². The number of aromatic nitrogens is 1. The van der Waals surface area contributed by atoms with Crippen LogP contribution in [0, 0.1) is 12.8 Å². The second-order valence-corrected chi connectivity index (χ2v) is 8.68. The van der Waals surface area contributed by atoms with E-state index in [1.165, 1.54) is 0 Å². The third kappa shape index (κ3) is 3.61. The van der Waals surface area contributed by atoms with Gasteiger partial charge in [-0.1, -0.05) is 22.9 Å². The third-order valence-corrected chi connectivity index (χ3v) is 5.25. The van der Waals surface area contributed by atoms with E-state index >= 15 is 0 Å². The van der Waals surface area contributed by atoms with E-state index in [0.29, 0.717) is 0 Å². The van der Waals surface area contributed by atoms with Gasteiger partial charge in [-0.05, 0) is 51.8 Å². The van der Waals surface area contributed by atoms with Gasteiger partial charge in [0.15, 0.2) is 5.13 Å². The van der Waals surface area contributed by atoms with Crippen LogP contribution in [0.5, 0.6) is 0 Å². The Morgan fingerprint density at radius 1 is 1.43 bits per heavy atom. The SMILES string of the molecule is Cc1cc(Cl)cc2sc(N3CCC(C(=O)NC(C)(C)C)C3)nc12. The first-order valence-electron chi connectivity index (χ1n) is 7.86. The molecule has 1 aliphatic rings. The van der Waals surface area contributed by atoms with Crippen LogP contribution in [0.4, 0.5) is 5.13 Å². The van der Waals surface area contributed by atoms with Crippen molar-refractivity contribution < 1.29 is 4.79 Å². The van der Waals surface area contributed by atoms with E-state index in [2.05, 4.69) is 10.2 Å². The van der Waals surface area contributed by atoms with Crippen molar-refractivity contribution in [3.05, 3.63) is 22.7 Å². The van der Waals surface area contributed by atoms with Crippen molar-refractivity contribution in [3.63, 3.8) is 0 Å². The number of hydrogen-bond acceptors (Lipinski definition) is 4. The zero-order valence-electron chi connectivity index (χ0n) is 13.9. The molecule has 1 saturated heterocycles. The molecule has 0 bridgehead atoms. The average molecular weight is 352 g/mol. The highest BCUT2D eigenvalue weighted by atomic mass is 35.5. The van der Waals surface area contributed by atoms with Crippen LogP contribution >= 0.6 is 22.9 Å². The van der Waals surface area contributed by atoms with Gasteiger partial charge < -0.3 is 10.2 Å². The molecular formula is C17H22ClN3OS. The molecule has 124 valence electrons. The van der Waals surface area contributed by atoms with Crippen LogP contribution in [0.3, 0.4) is 0 Å². The molecule has 23 heavy (non-hydrogen) atoms. The first-order valence-corrected chi connectivity index (χ1v) is 9.06. The lowest BCUT2D eigenvalue weighted by molar-refractivity contribution is -0.125. The molecular weight excluding hydrogens is 330 g/mol. The van der Waals surface area contributed by atoms with Crippen molar-refractivity contribution in [2.45, 2.75) is 39.7 Å². The standard InChI is InChI=1S/C17H22ClN3OS/c1-10-7-12(18)8-13-14(10)19-16(23-13)21-6-5-11(9-21)15(22)20-17(2,3)4/h7-8,11H,5-6,9H2,1-4H3,(H,20,22). The van der Waals surface area contributed by atoms with Crippen LogP contribution in [0.15, 0.2) is 12.1 Å². The number of aryl methyl sites for hydroxylation is 1. The maximum Gasteiger partial charge on any atom is 0.225 e. The molecule has 1 fully saturated rings. The van der Waals surface area contributed by atoms with Gasteiger partial charge in [0.25, 0.3) is 0 Å². The number of hydrogen-bond donors (Lipinski definition) is 1. The van der Waals surface area contributed by atoms with E-state index in [4.69, 9.17) is 16.6 Å². The molecule has 0 saturated carbocycles. The number of amides is 1. The Morgan fingerprint density at radius 2 is 2.17 bits per heavy atom. The van der Waals surface area contributed by atoms with Crippen molar-refractivity contribution in [3.8, 4) is 0 Å². The summed E-state index contributed by atoms with van der Waals surface area (Å²) >= 11 is 7.78. The first kappa shape index (κ1) is 16.5. The van der Waals surface area contributed by atoms with Gasteiger partial charge in [-0.3, -0.25) is 4.79 Å². The van der Waals surface area contributed by atoms with Gasteiger partial charge >= 0.3 is 0 Å². The summed E-state index contributed by atoms with van der Waals surface area (Å²) in [6.07, 6.45) is 0.873. The van der Waals surface area contributed by atoms with Gasteiger partial charge in [-0.15, -0.1) is 0 Å². The Balaban J connectivity index is 1.77. The molecule has 1 amide bonds.